The Labute approximate surface area is 339 Å². The van der Waals surface area contributed by atoms with E-state index in [1.165, 1.54) is 0 Å². The molecule has 4 aromatic heterocycles. The fraction of sp³-hybridized carbons (Fsp3) is 0.571. The number of alkyl carbamates (subject to hydrolysis) is 2. The van der Waals surface area contributed by atoms with Gasteiger partial charge in [-0.2, -0.15) is 4.98 Å². The van der Waals surface area contributed by atoms with E-state index in [-0.39, 0.29) is 31.0 Å². The highest BCUT2D eigenvalue weighted by Crippen LogP contribution is 2.34. The molecule has 3 amide bonds. The van der Waals surface area contributed by atoms with Crippen LogP contribution in [0.4, 0.5) is 9.59 Å². The van der Waals surface area contributed by atoms with Crippen molar-refractivity contribution in [1.82, 2.24) is 34.5 Å². The number of aryl methyl sites for hydroxylation is 2. The molecule has 1 atom stereocenters. The Morgan fingerprint density at radius 2 is 1.64 bits per heavy atom. The van der Waals surface area contributed by atoms with Crippen LogP contribution in [0.3, 0.4) is 0 Å². The van der Waals surface area contributed by atoms with Gasteiger partial charge in [0, 0.05) is 55.3 Å². The predicted octanol–water partition coefficient (Wildman–Crippen LogP) is 6.82. The maximum atomic E-state index is 14.0. The van der Waals surface area contributed by atoms with E-state index >= 15 is 0 Å². The van der Waals surface area contributed by atoms with Gasteiger partial charge in [-0.3, -0.25) is 9.20 Å². The van der Waals surface area contributed by atoms with Crippen molar-refractivity contribution in [2.24, 2.45) is 0 Å². The van der Waals surface area contributed by atoms with Gasteiger partial charge in [-0.1, -0.05) is 12.8 Å². The van der Waals surface area contributed by atoms with Gasteiger partial charge in [0.05, 0.1) is 25.1 Å². The minimum absolute atomic E-state index is 0.186. The number of nitrogens with one attached hydrogen (secondary N) is 2. The van der Waals surface area contributed by atoms with Gasteiger partial charge in [-0.15, -0.1) is 0 Å². The lowest BCUT2D eigenvalue weighted by molar-refractivity contribution is -0.145. The molecule has 1 unspecified atom stereocenters. The Morgan fingerprint density at radius 3 is 2.34 bits per heavy atom. The van der Waals surface area contributed by atoms with Crippen molar-refractivity contribution in [3.63, 3.8) is 0 Å². The number of fused-ring (bicyclic) bond motifs is 2. The second-order valence-corrected chi connectivity index (χ2v) is 16.4. The van der Waals surface area contributed by atoms with E-state index in [0.717, 1.165) is 55.3 Å². The molecule has 0 spiro atoms. The van der Waals surface area contributed by atoms with E-state index in [1.807, 2.05) is 65.0 Å². The molecule has 0 bridgehead atoms. The minimum Gasteiger partial charge on any atom is -0.482 e. The largest absolute Gasteiger partial charge is 0.482 e. The van der Waals surface area contributed by atoms with Crippen molar-refractivity contribution in [2.75, 3.05) is 40.0 Å². The van der Waals surface area contributed by atoms with Crippen molar-refractivity contribution in [3.8, 4) is 23.1 Å². The zero-order chi connectivity index (χ0) is 42.2. The number of rotatable bonds is 15. The summed E-state index contributed by atoms with van der Waals surface area (Å²) in [6, 6.07) is 8.90. The first-order valence-corrected chi connectivity index (χ1v) is 20.1. The number of nitrogens with zero attached hydrogens (tertiary/aromatic N) is 5. The summed E-state index contributed by atoms with van der Waals surface area (Å²) in [5.41, 5.74) is 2.77. The van der Waals surface area contributed by atoms with E-state index in [9.17, 15) is 19.2 Å². The number of hydrogen-bond acceptors (Lipinski definition) is 11. The topological polar surface area (TPSA) is 177 Å². The number of imidazole rings is 1. The molecule has 1 aliphatic rings. The number of carbonyl (C=O) groups is 4. The van der Waals surface area contributed by atoms with E-state index in [0.29, 0.717) is 54.6 Å². The van der Waals surface area contributed by atoms with Gasteiger partial charge in [0.1, 0.15) is 28.2 Å². The smallest absolute Gasteiger partial charge is 0.407 e. The van der Waals surface area contributed by atoms with Gasteiger partial charge in [0.25, 0.3) is 5.91 Å². The first-order chi connectivity index (χ1) is 27.5. The van der Waals surface area contributed by atoms with E-state index in [4.69, 9.17) is 33.7 Å². The van der Waals surface area contributed by atoms with Crippen LogP contribution in [0.1, 0.15) is 103 Å². The number of unbranched alkanes of at least 4 members (excludes halogenated alkanes) is 3. The van der Waals surface area contributed by atoms with Crippen LogP contribution in [-0.2, 0) is 25.5 Å². The summed E-state index contributed by atoms with van der Waals surface area (Å²) in [4.78, 5) is 62.2. The van der Waals surface area contributed by atoms with Gasteiger partial charge in [0.15, 0.2) is 12.5 Å². The molecule has 2 N–H and O–H groups in total. The Bertz CT molecular complexity index is 2090. The monoisotopic (exact) mass is 805 g/mol. The second kappa shape index (κ2) is 18.8. The molecule has 0 aliphatic carbocycles. The summed E-state index contributed by atoms with van der Waals surface area (Å²) in [6.07, 6.45) is 3.93. The average molecular weight is 806 g/mol. The molecule has 0 saturated carbocycles. The highest BCUT2D eigenvalue weighted by Gasteiger charge is 2.29. The third kappa shape index (κ3) is 11.5. The maximum Gasteiger partial charge on any atom is 0.407 e. The molecule has 4 aromatic rings. The van der Waals surface area contributed by atoms with E-state index < -0.39 is 29.4 Å². The van der Waals surface area contributed by atoms with Crippen LogP contribution in [-0.4, -0.2) is 105 Å². The van der Waals surface area contributed by atoms with E-state index in [2.05, 4.69) is 15.2 Å². The lowest BCUT2D eigenvalue weighted by Gasteiger charge is -2.33. The van der Waals surface area contributed by atoms with Crippen LogP contribution in [0.25, 0.3) is 28.1 Å². The first-order valence-electron chi connectivity index (χ1n) is 20.1. The normalized spacial score (nSPS) is 14.6. The molecule has 1 fully saturated rings. The molecular weight excluding hydrogens is 747 g/mol. The fourth-order valence-corrected chi connectivity index (χ4v) is 6.93. The van der Waals surface area contributed by atoms with Gasteiger partial charge in [-0.25, -0.2) is 19.4 Å². The molecule has 5 heterocycles. The standard InChI is InChI=1S/C42H59N7O9/c1-10-55-35(50)26-56-33-18-17-28-22-31(48(37(28)46-33)21-14-12-11-13-19-43-39(52)57-41(3,4)5)36-27(2)49-32(45-36)23-29(24-34(49)54-9)38(51)47-20-15-16-30(25-47)44-40(53)58-42(6,7)8/h17-18,22-24,30H,10-16,19-21,25-26H2,1-9H3,(H,43,52)(H,44,53). The number of hydrogen-bond donors (Lipinski definition) is 2. The number of methoxy groups -OCH3 is 1. The maximum absolute atomic E-state index is 14.0. The number of ether oxygens (including phenoxy) is 5. The number of pyridine rings is 2. The summed E-state index contributed by atoms with van der Waals surface area (Å²) in [6.45, 7) is 16.6. The zero-order valence-corrected chi connectivity index (χ0v) is 35.4. The third-order valence-corrected chi connectivity index (χ3v) is 9.38. The number of carbonyl (C=O) groups excluding carboxylic acids is 4. The van der Waals surface area contributed by atoms with Crippen LogP contribution in [0, 0.1) is 6.92 Å². The number of likely N-dealkylation sites (tertiary alicyclic amines) is 1. The van der Waals surface area contributed by atoms with Crippen molar-refractivity contribution in [3.05, 3.63) is 41.6 Å². The van der Waals surface area contributed by atoms with Crippen LogP contribution in [0.15, 0.2) is 30.3 Å². The molecule has 316 valence electrons. The number of amides is 3. The van der Waals surface area contributed by atoms with Gasteiger partial charge >= 0.3 is 18.2 Å². The van der Waals surface area contributed by atoms with E-state index in [1.54, 1.807) is 37.1 Å². The molecule has 0 aromatic carbocycles. The van der Waals surface area contributed by atoms with Crippen molar-refractivity contribution in [2.45, 2.75) is 118 Å². The lowest BCUT2D eigenvalue weighted by Crippen LogP contribution is -2.50. The van der Waals surface area contributed by atoms with Gasteiger partial charge < -0.3 is 43.8 Å². The highest BCUT2D eigenvalue weighted by molar-refractivity contribution is 5.96. The molecule has 1 aliphatic heterocycles. The molecule has 1 saturated heterocycles. The lowest BCUT2D eigenvalue weighted by atomic mass is 10.0. The Kier molecular flexibility index (Phi) is 14.1. The summed E-state index contributed by atoms with van der Waals surface area (Å²) >= 11 is 0. The highest BCUT2D eigenvalue weighted by atomic mass is 16.6. The molecule has 0 radical (unpaired) electrons. The Morgan fingerprint density at radius 1 is 0.914 bits per heavy atom. The average Bonchev–Trinajstić information content (AvgIpc) is 3.67. The number of piperidine rings is 1. The van der Waals surface area contributed by atoms with Crippen LogP contribution >= 0.6 is 0 Å². The summed E-state index contributed by atoms with van der Waals surface area (Å²) in [5.74, 6) is 0.0744. The Hall–Kier alpha value is -5.54. The zero-order valence-electron chi connectivity index (χ0n) is 35.4. The summed E-state index contributed by atoms with van der Waals surface area (Å²) < 4.78 is 31.3. The van der Waals surface area contributed by atoms with Crippen molar-refractivity contribution >= 4 is 40.7 Å². The molecule has 5 rings (SSSR count). The summed E-state index contributed by atoms with van der Waals surface area (Å²) in [7, 11) is 1.56. The SMILES string of the molecule is CCOC(=O)COc1ccc2cc(-c3nc4cc(C(=O)N5CCCC(NC(=O)OC(C)(C)C)C5)cc(OC)n4c3C)n(CCCCCCNC(=O)OC(C)(C)C)c2n1. The van der Waals surface area contributed by atoms with Crippen molar-refractivity contribution < 1.29 is 42.9 Å². The molecule has 58 heavy (non-hydrogen) atoms. The van der Waals surface area contributed by atoms with Gasteiger partial charge in [0.2, 0.25) is 5.88 Å². The molecule has 16 nitrogen and oxygen atoms in total. The quantitative estimate of drug-likeness (QED) is 0.0732. The van der Waals surface area contributed by atoms with Crippen LogP contribution in [0.2, 0.25) is 0 Å². The first kappa shape index (κ1) is 43.6. The molecule has 16 heteroatoms. The predicted molar refractivity (Wildman–Crippen MR) is 218 cm³/mol. The summed E-state index contributed by atoms with van der Waals surface area (Å²) in [5, 5.41) is 6.59. The second-order valence-electron chi connectivity index (χ2n) is 16.4. The van der Waals surface area contributed by atoms with Gasteiger partial charge in [-0.05, 0) is 99.3 Å². The third-order valence-electron chi connectivity index (χ3n) is 9.38. The molecular formula is C42H59N7O9. The minimum atomic E-state index is -0.627. The Balaban J connectivity index is 1.40. The van der Waals surface area contributed by atoms with Crippen LogP contribution in [0.5, 0.6) is 11.8 Å². The number of esters is 1. The van der Waals surface area contributed by atoms with Crippen molar-refractivity contribution in [1.29, 1.82) is 0 Å². The number of aromatic nitrogens is 4. The fourth-order valence-electron chi connectivity index (χ4n) is 6.93. The van der Waals surface area contributed by atoms with Crippen LogP contribution < -0.4 is 20.1 Å².